The predicted octanol–water partition coefficient (Wildman–Crippen LogP) is 4.07. The number of alkyl halides is 1. The lowest BCUT2D eigenvalue weighted by molar-refractivity contribution is 0.0490. The van der Waals surface area contributed by atoms with Crippen LogP contribution >= 0.6 is 0 Å². The van der Waals surface area contributed by atoms with Crippen molar-refractivity contribution < 1.29 is 37.0 Å². The molecule has 36 heavy (non-hydrogen) atoms. The monoisotopic (exact) mass is 495 g/mol. The number of fused-ring (bicyclic) bond motifs is 2. The highest BCUT2D eigenvalue weighted by molar-refractivity contribution is 5.94. The average Bonchev–Trinajstić information content (AvgIpc) is 2.85. The Bertz CT molecular complexity index is 1570. The quantitative estimate of drug-likeness (QED) is 0.250. The van der Waals surface area contributed by atoms with Crippen LogP contribution in [-0.4, -0.2) is 37.7 Å². The summed E-state index contributed by atoms with van der Waals surface area (Å²) in [7, 11) is 0. The molecule has 2 aromatic heterocycles. The van der Waals surface area contributed by atoms with E-state index in [0.29, 0.717) is 0 Å². The topological polar surface area (TPSA) is 122 Å². The van der Waals surface area contributed by atoms with Gasteiger partial charge in [0, 0.05) is 19.1 Å². The molecule has 0 spiro atoms. The summed E-state index contributed by atoms with van der Waals surface area (Å²) in [6.07, 6.45) is -1.63. The smallest absolute Gasteiger partial charge is 0.374 e. The Morgan fingerprint density at radius 1 is 0.861 bits per heavy atom. The lowest BCUT2D eigenvalue weighted by atomic mass is 10.2. The summed E-state index contributed by atoms with van der Waals surface area (Å²) in [6.45, 7) is 2.09. The summed E-state index contributed by atoms with van der Waals surface area (Å²) >= 11 is 0. The number of hydrogen-bond donors (Lipinski definition) is 0. The first kappa shape index (κ1) is 24.6. The Morgan fingerprint density at radius 2 is 1.36 bits per heavy atom. The van der Waals surface area contributed by atoms with E-state index in [-0.39, 0.29) is 51.6 Å². The highest BCUT2D eigenvalue weighted by atomic mass is 18.2. The van der Waals surface area contributed by atoms with E-state index in [2.05, 4.69) is 0 Å². The summed E-state index contributed by atoms with van der Waals surface area (Å²) in [4.78, 5) is 48.5. The van der Waals surface area contributed by atoms with Gasteiger partial charge in [-0.1, -0.05) is 12.1 Å². The van der Waals surface area contributed by atoms with E-state index in [9.17, 15) is 23.6 Å². The van der Waals surface area contributed by atoms with Gasteiger partial charge in [0.05, 0.1) is 6.61 Å². The number of Topliss-reactive ketones (excluding diaryl/α,β-unsaturated/α-hetero) is 1. The third kappa shape index (κ3) is 5.12. The van der Waals surface area contributed by atoms with Gasteiger partial charge in [-0.3, -0.25) is 14.4 Å². The van der Waals surface area contributed by atoms with Crippen LogP contribution in [0.25, 0.3) is 21.9 Å². The molecule has 9 nitrogen and oxygen atoms in total. The predicted molar refractivity (Wildman–Crippen MR) is 127 cm³/mol. The molecule has 186 valence electrons. The Labute approximate surface area is 203 Å². The number of rotatable bonds is 9. The fraction of sp³-hybridized carbons (Fsp3) is 0.231. The number of ether oxygens (including phenoxy) is 3. The van der Waals surface area contributed by atoms with Crippen molar-refractivity contribution in [3.63, 3.8) is 0 Å². The van der Waals surface area contributed by atoms with Crippen LogP contribution in [0.1, 0.15) is 35.0 Å². The van der Waals surface area contributed by atoms with Crippen molar-refractivity contribution in [1.29, 1.82) is 0 Å². The largest absolute Gasteiger partial charge is 0.489 e. The van der Waals surface area contributed by atoms with Crippen molar-refractivity contribution in [3.8, 4) is 11.5 Å². The van der Waals surface area contributed by atoms with E-state index < -0.39 is 42.0 Å². The normalized spacial score (nSPS) is 11.9. The van der Waals surface area contributed by atoms with E-state index in [1.165, 1.54) is 37.3 Å². The third-order valence-corrected chi connectivity index (χ3v) is 5.10. The van der Waals surface area contributed by atoms with Gasteiger partial charge in [0.15, 0.2) is 28.6 Å². The molecular formula is C26H21FO9. The molecule has 1 unspecified atom stereocenters. The molecule has 4 aromatic rings. The van der Waals surface area contributed by atoms with Gasteiger partial charge in [0.2, 0.25) is 5.76 Å². The van der Waals surface area contributed by atoms with Gasteiger partial charge < -0.3 is 23.0 Å². The molecule has 0 saturated heterocycles. The molecule has 0 N–H and O–H groups in total. The summed E-state index contributed by atoms with van der Waals surface area (Å²) in [6, 6.07) is 11.1. The number of carbonyl (C=O) groups is 2. The van der Waals surface area contributed by atoms with Crippen molar-refractivity contribution in [2.45, 2.75) is 20.0 Å². The van der Waals surface area contributed by atoms with Crippen LogP contribution in [0.5, 0.6) is 11.5 Å². The minimum atomic E-state index is -1.63. The summed E-state index contributed by atoms with van der Waals surface area (Å²) < 4.78 is 41.4. The molecule has 0 bridgehead atoms. The summed E-state index contributed by atoms with van der Waals surface area (Å²) in [5.41, 5.74) is -0.814. The molecule has 4 rings (SSSR count). The van der Waals surface area contributed by atoms with E-state index in [1.54, 1.807) is 13.0 Å². The fourth-order valence-corrected chi connectivity index (χ4v) is 3.48. The van der Waals surface area contributed by atoms with Gasteiger partial charge >= 0.3 is 5.97 Å². The maximum absolute atomic E-state index is 14.6. The van der Waals surface area contributed by atoms with E-state index in [0.717, 1.165) is 12.1 Å². The second-order valence-electron chi connectivity index (χ2n) is 7.70. The van der Waals surface area contributed by atoms with Gasteiger partial charge in [-0.15, -0.1) is 0 Å². The molecule has 2 aromatic carbocycles. The highest BCUT2D eigenvalue weighted by Gasteiger charge is 2.18. The van der Waals surface area contributed by atoms with Crippen molar-refractivity contribution in [2.24, 2.45) is 0 Å². The van der Waals surface area contributed by atoms with Gasteiger partial charge in [-0.2, -0.15) is 0 Å². The number of esters is 1. The standard InChI is InChI=1S/C26H21FO9/c1-3-32-26(31)23-11-17(30)25-19(7-5-9-21(25)36-23)34-13-15(27)12-33-18-6-4-8-20-24(18)16(29)10-22(35-20)14(2)28/h4-11,15H,3,12-13H2,1-2H3/i27-1. The second-order valence-corrected chi connectivity index (χ2v) is 7.70. The molecule has 10 heteroatoms. The molecule has 0 saturated carbocycles. The maximum atomic E-state index is 14.6. The average molecular weight is 495 g/mol. The van der Waals surface area contributed by atoms with Crippen LogP contribution in [0.15, 0.2) is 67.0 Å². The second kappa shape index (κ2) is 10.4. The Balaban J connectivity index is 1.48. The SMILES string of the molecule is CCOC(=O)c1cc(=O)c2c(OCC([18F])COc3cccc4oc(C(C)=O)cc(=O)c34)cccc2o1. The summed E-state index contributed by atoms with van der Waals surface area (Å²) in [5.74, 6) is -1.35. The van der Waals surface area contributed by atoms with Crippen LogP contribution in [0.3, 0.4) is 0 Å². The first-order valence-corrected chi connectivity index (χ1v) is 11.0. The molecule has 0 aliphatic carbocycles. The van der Waals surface area contributed by atoms with Crippen LogP contribution in [0.2, 0.25) is 0 Å². The number of halogens is 1. The van der Waals surface area contributed by atoms with Crippen LogP contribution < -0.4 is 20.3 Å². The highest BCUT2D eigenvalue weighted by Crippen LogP contribution is 2.25. The molecule has 0 radical (unpaired) electrons. The van der Waals surface area contributed by atoms with E-state index >= 15 is 0 Å². The van der Waals surface area contributed by atoms with Crippen LogP contribution in [0, 0.1) is 0 Å². The minimum absolute atomic E-state index is 0.0478. The first-order valence-electron chi connectivity index (χ1n) is 11.0. The van der Waals surface area contributed by atoms with Gasteiger partial charge in [0.25, 0.3) is 0 Å². The van der Waals surface area contributed by atoms with Gasteiger partial charge in [0.1, 0.15) is 46.7 Å². The number of benzene rings is 2. The van der Waals surface area contributed by atoms with E-state index in [4.69, 9.17) is 23.0 Å². The fourth-order valence-electron chi connectivity index (χ4n) is 3.48. The number of hydrogen-bond acceptors (Lipinski definition) is 9. The first-order chi connectivity index (χ1) is 17.3. The zero-order chi connectivity index (χ0) is 25.8. The number of ketones is 1. The Morgan fingerprint density at radius 3 is 1.86 bits per heavy atom. The molecule has 2 heterocycles. The molecule has 0 fully saturated rings. The van der Waals surface area contributed by atoms with Crippen molar-refractivity contribution >= 4 is 33.7 Å². The van der Waals surface area contributed by atoms with Crippen molar-refractivity contribution in [1.82, 2.24) is 0 Å². The third-order valence-electron chi connectivity index (χ3n) is 5.10. The number of carbonyl (C=O) groups excluding carboxylic acids is 2. The lowest BCUT2D eigenvalue weighted by Crippen LogP contribution is -2.22. The minimum Gasteiger partial charge on any atom is -0.489 e. The summed E-state index contributed by atoms with van der Waals surface area (Å²) in [5, 5.41) is 0.131. The van der Waals surface area contributed by atoms with Gasteiger partial charge in [-0.05, 0) is 31.2 Å². The van der Waals surface area contributed by atoms with Gasteiger partial charge in [-0.25, -0.2) is 9.18 Å². The zero-order valence-corrected chi connectivity index (χ0v) is 19.4. The molecule has 0 aliphatic heterocycles. The molecule has 0 aliphatic rings. The molecule has 0 amide bonds. The van der Waals surface area contributed by atoms with E-state index in [1.807, 2.05) is 0 Å². The molecular weight excluding hydrogens is 474 g/mol. The Hall–Kier alpha value is -4.47. The molecule has 1 atom stereocenters. The van der Waals surface area contributed by atoms with Crippen LogP contribution in [-0.2, 0) is 4.74 Å². The lowest BCUT2D eigenvalue weighted by Gasteiger charge is -2.14. The zero-order valence-electron chi connectivity index (χ0n) is 19.4. The maximum Gasteiger partial charge on any atom is 0.374 e. The van der Waals surface area contributed by atoms with Crippen LogP contribution in [0.4, 0.5) is 4.39 Å². The van der Waals surface area contributed by atoms with Crippen molar-refractivity contribution in [3.05, 3.63) is 80.5 Å². The van der Waals surface area contributed by atoms with Crippen molar-refractivity contribution in [2.75, 3.05) is 19.8 Å². The Kier molecular flexibility index (Phi) is 7.14.